The van der Waals surface area contributed by atoms with Crippen molar-refractivity contribution in [1.29, 1.82) is 0 Å². The molecule has 0 unspecified atom stereocenters. The highest BCUT2D eigenvalue weighted by Crippen LogP contribution is 2.27. The summed E-state index contributed by atoms with van der Waals surface area (Å²) in [4.78, 5) is 14.1. The van der Waals surface area contributed by atoms with Crippen molar-refractivity contribution in [2.45, 2.75) is 38.3 Å². The molecule has 5 heteroatoms. The molecule has 1 aromatic carbocycles. The quantitative estimate of drug-likeness (QED) is 0.518. The maximum absolute atomic E-state index is 12.3. The number of aliphatic hydroxyl groups excluding tert-OH is 1. The van der Waals surface area contributed by atoms with Crippen molar-refractivity contribution in [2.75, 3.05) is 20.3 Å². The highest BCUT2D eigenvalue weighted by Gasteiger charge is 2.27. The number of hydrogen-bond donors (Lipinski definition) is 1. The van der Waals surface area contributed by atoms with E-state index in [1.54, 1.807) is 7.11 Å². The monoisotopic (exact) mass is 443 g/mol. The molecular formula is C19H26INO3. The normalized spacial score (nSPS) is 20.5. The molecule has 4 nitrogen and oxygen atoms in total. The van der Waals surface area contributed by atoms with Gasteiger partial charge in [0.15, 0.2) is 0 Å². The SMILES string of the molecule is CO[C@@H](c1ccc(I)cc1)[C@@H](C)/C=C/CC(=O)N1CCC[C@H]1CO. The lowest BCUT2D eigenvalue weighted by molar-refractivity contribution is -0.131. The Balaban J connectivity index is 1.92. The Bertz CT molecular complexity index is 558. The summed E-state index contributed by atoms with van der Waals surface area (Å²) in [5, 5.41) is 9.32. The lowest BCUT2D eigenvalue weighted by atomic mass is 9.96. The van der Waals surface area contributed by atoms with Gasteiger partial charge in [-0.3, -0.25) is 4.79 Å². The Morgan fingerprint density at radius 3 is 2.79 bits per heavy atom. The molecule has 0 spiro atoms. The van der Waals surface area contributed by atoms with Crippen molar-refractivity contribution in [2.24, 2.45) is 5.92 Å². The number of benzene rings is 1. The van der Waals surface area contributed by atoms with Crippen LogP contribution >= 0.6 is 22.6 Å². The number of likely N-dealkylation sites (tertiary alicyclic amines) is 1. The summed E-state index contributed by atoms with van der Waals surface area (Å²) in [5.41, 5.74) is 1.14. The Labute approximate surface area is 158 Å². The molecule has 1 aliphatic heterocycles. The number of methoxy groups -OCH3 is 1. The van der Waals surface area contributed by atoms with Gasteiger partial charge >= 0.3 is 0 Å². The van der Waals surface area contributed by atoms with Gasteiger partial charge < -0.3 is 14.7 Å². The highest BCUT2D eigenvalue weighted by atomic mass is 127. The highest BCUT2D eigenvalue weighted by molar-refractivity contribution is 14.1. The van der Waals surface area contributed by atoms with Gasteiger partial charge in [-0.2, -0.15) is 0 Å². The molecule has 0 radical (unpaired) electrons. The molecule has 1 saturated heterocycles. The van der Waals surface area contributed by atoms with Crippen molar-refractivity contribution in [3.63, 3.8) is 0 Å². The van der Waals surface area contributed by atoms with Gasteiger partial charge in [0.25, 0.3) is 0 Å². The molecule has 1 fully saturated rings. The van der Waals surface area contributed by atoms with Gasteiger partial charge in [0.2, 0.25) is 5.91 Å². The molecule has 1 amide bonds. The molecule has 24 heavy (non-hydrogen) atoms. The van der Waals surface area contributed by atoms with Gasteiger partial charge in [-0.25, -0.2) is 0 Å². The molecule has 0 aliphatic carbocycles. The predicted octanol–water partition coefficient (Wildman–Crippen LogP) is 3.54. The minimum Gasteiger partial charge on any atom is -0.394 e. The number of aliphatic hydroxyl groups is 1. The van der Waals surface area contributed by atoms with Crippen LogP contribution in [0.3, 0.4) is 0 Å². The first kappa shape index (κ1) is 19.4. The number of halogens is 1. The summed E-state index contributed by atoms with van der Waals surface area (Å²) in [6.07, 6.45) is 6.22. The van der Waals surface area contributed by atoms with Gasteiger partial charge in [0, 0.05) is 29.6 Å². The fourth-order valence-electron chi connectivity index (χ4n) is 3.26. The van der Waals surface area contributed by atoms with Crippen LogP contribution in [0.25, 0.3) is 0 Å². The number of amides is 1. The van der Waals surface area contributed by atoms with E-state index in [-0.39, 0.29) is 30.6 Å². The van der Waals surface area contributed by atoms with Crippen molar-refractivity contribution in [3.8, 4) is 0 Å². The molecule has 1 heterocycles. The van der Waals surface area contributed by atoms with E-state index in [1.165, 1.54) is 3.57 Å². The van der Waals surface area contributed by atoms with Crippen LogP contribution < -0.4 is 0 Å². The fourth-order valence-corrected chi connectivity index (χ4v) is 3.62. The molecule has 0 saturated carbocycles. The third kappa shape index (κ3) is 5.04. The summed E-state index contributed by atoms with van der Waals surface area (Å²) < 4.78 is 6.85. The van der Waals surface area contributed by atoms with Crippen LogP contribution in [0.4, 0.5) is 0 Å². The zero-order valence-electron chi connectivity index (χ0n) is 14.3. The van der Waals surface area contributed by atoms with Crippen LogP contribution in [0.5, 0.6) is 0 Å². The number of rotatable bonds is 7. The van der Waals surface area contributed by atoms with E-state index in [1.807, 2.05) is 17.1 Å². The molecule has 132 valence electrons. The van der Waals surface area contributed by atoms with Crippen LogP contribution in [0, 0.1) is 9.49 Å². The van der Waals surface area contributed by atoms with Crippen molar-refractivity contribution in [3.05, 3.63) is 45.6 Å². The number of carbonyl (C=O) groups is 1. The summed E-state index contributed by atoms with van der Waals surface area (Å²) in [7, 11) is 1.72. The second-order valence-corrected chi connectivity index (χ2v) is 7.51. The van der Waals surface area contributed by atoms with E-state index in [2.05, 4.69) is 53.8 Å². The molecule has 0 aromatic heterocycles. The minimum atomic E-state index is -0.0228. The smallest absolute Gasteiger partial charge is 0.226 e. The summed E-state index contributed by atoms with van der Waals surface area (Å²) in [5.74, 6) is 0.272. The summed E-state index contributed by atoms with van der Waals surface area (Å²) in [6.45, 7) is 2.92. The van der Waals surface area contributed by atoms with Crippen LogP contribution in [0.2, 0.25) is 0 Å². The first-order valence-corrected chi connectivity index (χ1v) is 9.50. The van der Waals surface area contributed by atoms with Crippen LogP contribution in [-0.2, 0) is 9.53 Å². The maximum atomic E-state index is 12.3. The largest absolute Gasteiger partial charge is 0.394 e. The lowest BCUT2D eigenvalue weighted by Crippen LogP contribution is -2.37. The second-order valence-electron chi connectivity index (χ2n) is 6.27. The van der Waals surface area contributed by atoms with Gasteiger partial charge in [-0.1, -0.05) is 31.2 Å². The Morgan fingerprint density at radius 1 is 1.46 bits per heavy atom. The number of ether oxygens (including phenoxy) is 1. The van der Waals surface area contributed by atoms with E-state index >= 15 is 0 Å². The third-order valence-electron chi connectivity index (χ3n) is 4.57. The predicted molar refractivity (Wildman–Crippen MR) is 104 cm³/mol. The number of carbonyl (C=O) groups excluding carboxylic acids is 1. The van der Waals surface area contributed by atoms with Crippen LogP contribution in [-0.4, -0.2) is 42.2 Å². The zero-order chi connectivity index (χ0) is 17.5. The first-order valence-electron chi connectivity index (χ1n) is 8.42. The molecule has 0 bridgehead atoms. The van der Waals surface area contributed by atoms with E-state index in [0.29, 0.717) is 6.42 Å². The Morgan fingerprint density at radius 2 is 2.17 bits per heavy atom. The van der Waals surface area contributed by atoms with Crippen LogP contribution in [0.1, 0.15) is 37.9 Å². The first-order chi connectivity index (χ1) is 11.6. The van der Waals surface area contributed by atoms with Gasteiger partial charge in [-0.05, 0) is 53.1 Å². The maximum Gasteiger partial charge on any atom is 0.226 e. The van der Waals surface area contributed by atoms with Gasteiger partial charge in [0.1, 0.15) is 0 Å². The van der Waals surface area contributed by atoms with Crippen molar-refractivity contribution in [1.82, 2.24) is 4.90 Å². The average Bonchev–Trinajstić information content (AvgIpc) is 3.06. The molecule has 3 atom stereocenters. The van der Waals surface area contributed by atoms with E-state index in [0.717, 1.165) is 24.9 Å². The Kier molecular flexibility index (Phi) is 7.71. The van der Waals surface area contributed by atoms with E-state index in [9.17, 15) is 9.90 Å². The van der Waals surface area contributed by atoms with Crippen LogP contribution in [0.15, 0.2) is 36.4 Å². The topological polar surface area (TPSA) is 49.8 Å². The van der Waals surface area contributed by atoms with E-state index in [4.69, 9.17) is 4.74 Å². The lowest BCUT2D eigenvalue weighted by Gasteiger charge is -2.23. The van der Waals surface area contributed by atoms with Crippen molar-refractivity contribution < 1.29 is 14.6 Å². The molecular weight excluding hydrogens is 417 g/mol. The minimum absolute atomic E-state index is 0.00170. The fraction of sp³-hybridized carbons (Fsp3) is 0.526. The number of hydrogen-bond acceptors (Lipinski definition) is 3. The Hall–Kier alpha value is -0.920. The molecule has 1 aliphatic rings. The zero-order valence-corrected chi connectivity index (χ0v) is 16.5. The van der Waals surface area contributed by atoms with Crippen molar-refractivity contribution >= 4 is 28.5 Å². The summed E-state index contributed by atoms with van der Waals surface area (Å²) in [6, 6.07) is 8.32. The number of nitrogens with zero attached hydrogens (tertiary/aromatic N) is 1. The van der Waals surface area contributed by atoms with Gasteiger partial charge in [0.05, 0.1) is 18.8 Å². The third-order valence-corrected chi connectivity index (χ3v) is 5.29. The molecule has 1 aromatic rings. The second kappa shape index (κ2) is 9.53. The molecule has 1 N–H and O–H groups in total. The molecule has 2 rings (SSSR count). The average molecular weight is 443 g/mol. The standard InChI is InChI=1S/C19H26INO3/c1-14(19(24-2)15-8-10-16(20)11-9-15)5-3-7-18(23)21-12-4-6-17(21)13-22/h3,5,8-11,14,17,19,22H,4,6-7,12-13H2,1-2H3/b5-3+/t14-,17-,19+/m0/s1. The summed E-state index contributed by atoms with van der Waals surface area (Å²) >= 11 is 2.29. The van der Waals surface area contributed by atoms with Gasteiger partial charge in [-0.15, -0.1) is 0 Å². The van der Waals surface area contributed by atoms with E-state index < -0.39 is 0 Å².